The van der Waals surface area contributed by atoms with E-state index in [2.05, 4.69) is 19.1 Å². The van der Waals surface area contributed by atoms with Crippen LogP contribution in [0.2, 0.25) is 0 Å². The Morgan fingerprint density at radius 1 is 0.947 bits per heavy atom. The van der Waals surface area contributed by atoms with Crippen LogP contribution in [-0.2, 0) is 13.0 Å². The summed E-state index contributed by atoms with van der Waals surface area (Å²) in [6.45, 7) is 2.75. The molecule has 2 heteroatoms. The number of hydrogen-bond acceptors (Lipinski definition) is 2. The Hall–Kier alpha value is -1.80. The lowest BCUT2D eigenvalue weighted by molar-refractivity contribution is 0.481. The van der Waals surface area contributed by atoms with E-state index in [4.69, 9.17) is 10.5 Å². The molecule has 0 aliphatic carbocycles. The largest absolute Gasteiger partial charge is 0.457 e. The number of hydrogen-bond donors (Lipinski definition) is 1. The minimum atomic E-state index is 0.535. The summed E-state index contributed by atoms with van der Waals surface area (Å²) >= 11 is 0. The van der Waals surface area contributed by atoms with Crippen molar-refractivity contribution in [2.75, 3.05) is 0 Å². The van der Waals surface area contributed by atoms with E-state index >= 15 is 0 Å². The molecule has 0 aromatic heterocycles. The lowest BCUT2D eigenvalue weighted by Crippen LogP contribution is -1.96. The molecule has 0 atom stereocenters. The third kappa shape index (κ3) is 4.11. The number of benzene rings is 2. The Morgan fingerprint density at radius 2 is 1.74 bits per heavy atom. The minimum Gasteiger partial charge on any atom is -0.457 e. The van der Waals surface area contributed by atoms with E-state index in [1.807, 2.05) is 36.4 Å². The lowest BCUT2D eigenvalue weighted by Gasteiger charge is -2.08. The van der Waals surface area contributed by atoms with Crippen molar-refractivity contribution in [1.29, 1.82) is 0 Å². The van der Waals surface area contributed by atoms with Crippen LogP contribution in [0.15, 0.2) is 48.5 Å². The van der Waals surface area contributed by atoms with Gasteiger partial charge in [0.1, 0.15) is 11.5 Å². The first-order valence-electron chi connectivity index (χ1n) is 6.87. The van der Waals surface area contributed by atoms with Gasteiger partial charge in [0.25, 0.3) is 0 Å². The van der Waals surface area contributed by atoms with Crippen molar-refractivity contribution in [3.05, 3.63) is 59.7 Å². The van der Waals surface area contributed by atoms with Crippen LogP contribution in [0.1, 0.15) is 30.9 Å². The summed E-state index contributed by atoms with van der Waals surface area (Å²) in [5.74, 6) is 1.71. The molecule has 0 aliphatic rings. The molecule has 0 spiro atoms. The third-order valence-corrected chi connectivity index (χ3v) is 3.11. The van der Waals surface area contributed by atoms with E-state index in [9.17, 15) is 0 Å². The van der Waals surface area contributed by atoms with Gasteiger partial charge in [0.2, 0.25) is 0 Å². The summed E-state index contributed by atoms with van der Waals surface area (Å²) in [5, 5.41) is 0. The molecule has 0 saturated heterocycles. The molecule has 0 fully saturated rings. The van der Waals surface area contributed by atoms with Crippen molar-refractivity contribution in [3.63, 3.8) is 0 Å². The number of nitrogens with two attached hydrogens (primary N) is 1. The second-order valence-corrected chi connectivity index (χ2v) is 4.70. The quantitative estimate of drug-likeness (QED) is 0.836. The van der Waals surface area contributed by atoms with Crippen LogP contribution >= 0.6 is 0 Å². The first kappa shape index (κ1) is 13.6. The predicted molar refractivity (Wildman–Crippen MR) is 79.5 cm³/mol. The highest BCUT2D eigenvalue weighted by Crippen LogP contribution is 2.22. The van der Waals surface area contributed by atoms with Crippen LogP contribution in [0.4, 0.5) is 0 Å². The van der Waals surface area contributed by atoms with Gasteiger partial charge in [-0.3, -0.25) is 0 Å². The van der Waals surface area contributed by atoms with Gasteiger partial charge in [-0.15, -0.1) is 0 Å². The van der Waals surface area contributed by atoms with Crippen LogP contribution in [0.25, 0.3) is 0 Å². The SMILES string of the molecule is CCCCc1ccc(Oc2cccc(CN)c2)cc1. The zero-order valence-electron chi connectivity index (χ0n) is 11.4. The minimum absolute atomic E-state index is 0.535. The van der Waals surface area contributed by atoms with Crippen LogP contribution in [0, 0.1) is 0 Å². The van der Waals surface area contributed by atoms with Gasteiger partial charge in [-0.05, 0) is 48.2 Å². The number of unbranched alkanes of at least 4 members (excludes halogenated alkanes) is 1. The second kappa shape index (κ2) is 6.95. The molecule has 2 aromatic rings. The predicted octanol–water partition coefficient (Wildman–Crippen LogP) is 4.28. The summed E-state index contributed by atoms with van der Waals surface area (Å²) in [7, 11) is 0. The van der Waals surface area contributed by atoms with E-state index in [0.29, 0.717) is 6.54 Å². The van der Waals surface area contributed by atoms with E-state index in [0.717, 1.165) is 23.5 Å². The molecule has 2 N–H and O–H groups in total. The average molecular weight is 255 g/mol. The molecule has 19 heavy (non-hydrogen) atoms. The van der Waals surface area contributed by atoms with Crippen LogP contribution in [0.5, 0.6) is 11.5 Å². The van der Waals surface area contributed by atoms with Gasteiger partial charge < -0.3 is 10.5 Å². The second-order valence-electron chi connectivity index (χ2n) is 4.70. The monoisotopic (exact) mass is 255 g/mol. The van der Waals surface area contributed by atoms with Crippen molar-refractivity contribution in [2.24, 2.45) is 5.73 Å². The molecule has 0 saturated carbocycles. The molecular weight excluding hydrogens is 234 g/mol. The highest BCUT2D eigenvalue weighted by Gasteiger charge is 1.99. The number of aryl methyl sites for hydroxylation is 1. The summed E-state index contributed by atoms with van der Waals surface area (Å²) in [6.07, 6.45) is 3.60. The molecule has 0 radical (unpaired) electrons. The topological polar surface area (TPSA) is 35.2 Å². The smallest absolute Gasteiger partial charge is 0.127 e. The lowest BCUT2D eigenvalue weighted by atomic mass is 10.1. The van der Waals surface area contributed by atoms with Crippen molar-refractivity contribution in [2.45, 2.75) is 32.7 Å². The third-order valence-electron chi connectivity index (χ3n) is 3.11. The molecular formula is C17H21NO. The number of ether oxygens (including phenoxy) is 1. The first-order valence-corrected chi connectivity index (χ1v) is 6.87. The molecule has 2 nitrogen and oxygen atoms in total. The van der Waals surface area contributed by atoms with Gasteiger partial charge >= 0.3 is 0 Å². The zero-order valence-corrected chi connectivity index (χ0v) is 11.4. The summed E-state index contributed by atoms with van der Waals surface area (Å²) in [6, 6.07) is 16.2. The molecule has 2 rings (SSSR count). The van der Waals surface area contributed by atoms with Gasteiger partial charge in [-0.1, -0.05) is 37.6 Å². The van der Waals surface area contributed by atoms with E-state index in [1.54, 1.807) is 0 Å². The summed E-state index contributed by atoms with van der Waals surface area (Å²) in [4.78, 5) is 0. The maximum Gasteiger partial charge on any atom is 0.127 e. The van der Waals surface area contributed by atoms with Gasteiger partial charge in [0.05, 0.1) is 0 Å². The standard InChI is InChI=1S/C17H21NO/c1-2-3-5-14-8-10-16(11-9-14)19-17-7-4-6-15(12-17)13-18/h4,6-12H,2-3,5,13,18H2,1H3. The Morgan fingerprint density at radius 3 is 2.42 bits per heavy atom. The maximum atomic E-state index is 5.82. The summed E-state index contributed by atoms with van der Waals surface area (Å²) < 4.78 is 5.82. The van der Waals surface area contributed by atoms with Crippen molar-refractivity contribution in [1.82, 2.24) is 0 Å². The molecule has 100 valence electrons. The first-order chi connectivity index (χ1) is 9.31. The van der Waals surface area contributed by atoms with E-state index in [-0.39, 0.29) is 0 Å². The number of rotatable bonds is 6. The summed E-state index contributed by atoms with van der Waals surface area (Å²) in [5.41, 5.74) is 8.07. The Bertz CT molecular complexity index is 505. The fourth-order valence-corrected chi connectivity index (χ4v) is 1.98. The van der Waals surface area contributed by atoms with Crippen molar-refractivity contribution < 1.29 is 4.74 Å². The maximum absolute atomic E-state index is 5.82. The van der Waals surface area contributed by atoms with Gasteiger partial charge in [0, 0.05) is 6.54 Å². The Kier molecular flexibility index (Phi) is 4.99. The normalized spacial score (nSPS) is 10.4. The van der Waals surface area contributed by atoms with E-state index < -0.39 is 0 Å². The molecule has 0 bridgehead atoms. The van der Waals surface area contributed by atoms with Gasteiger partial charge in [0.15, 0.2) is 0 Å². The fraction of sp³-hybridized carbons (Fsp3) is 0.294. The average Bonchev–Trinajstić information content (AvgIpc) is 2.47. The molecule has 2 aromatic carbocycles. The van der Waals surface area contributed by atoms with Gasteiger partial charge in [-0.25, -0.2) is 0 Å². The Balaban J connectivity index is 2.02. The van der Waals surface area contributed by atoms with Crippen LogP contribution in [-0.4, -0.2) is 0 Å². The molecule has 0 amide bonds. The highest BCUT2D eigenvalue weighted by atomic mass is 16.5. The highest BCUT2D eigenvalue weighted by molar-refractivity contribution is 5.35. The zero-order chi connectivity index (χ0) is 13.5. The molecule has 0 heterocycles. The Labute approximate surface area is 115 Å². The van der Waals surface area contributed by atoms with Crippen LogP contribution < -0.4 is 10.5 Å². The van der Waals surface area contributed by atoms with Gasteiger partial charge in [-0.2, -0.15) is 0 Å². The van der Waals surface area contributed by atoms with E-state index in [1.165, 1.54) is 18.4 Å². The molecule has 0 unspecified atom stereocenters. The molecule has 0 aliphatic heterocycles. The van der Waals surface area contributed by atoms with Crippen molar-refractivity contribution in [3.8, 4) is 11.5 Å². The fourth-order valence-electron chi connectivity index (χ4n) is 1.98. The van der Waals surface area contributed by atoms with Crippen molar-refractivity contribution >= 4 is 0 Å². The van der Waals surface area contributed by atoms with Crippen LogP contribution in [0.3, 0.4) is 0 Å².